The van der Waals surface area contributed by atoms with Gasteiger partial charge < -0.3 is 4.74 Å². The smallest absolute Gasteiger partial charge is 0.337 e. The number of thiol groups is 1. The maximum absolute atomic E-state index is 14.1. The Bertz CT molecular complexity index is 812. The van der Waals surface area contributed by atoms with Crippen LogP contribution in [0.4, 0.5) is 4.39 Å². The number of methoxy groups -OCH3 is 1. The molecular weight excluding hydrogens is 333 g/mol. The highest BCUT2D eigenvalue weighted by molar-refractivity contribution is 7.69. The Balaban J connectivity index is 2.20. The van der Waals surface area contributed by atoms with E-state index in [0.717, 1.165) is 21.5 Å². The van der Waals surface area contributed by atoms with Crippen LogP contribution in [0.2, 0.25) is 0 Å². The third-order valence-corrected chi connectivity index (χ3v) is 4.25. The molecule has 2 aromatic carbocycles. The zero-order valence-corrected chi connectivity index (χ0v) is 14.3. The highest BCUT2D eigenvalue weighted by Crippen LogP contribution is 2.16. The molecule has 0 amide bonds. The molecule has 24 heavy (non-hydrogen) atoms. The van der Waals surface area contributed by atoms with E-state index in [2.05, 4.69) is 4.74 Å². The van der Waals surface area contributed by atoms with Crippen LogP contribution in [0.1, 0.15) is 27.0 Å². The molecule has 0 fully saturated rings. The molecule has 0 atom stereocenters. The van der Waals surface area contributed by atoms with Gasteiger partial charge in [-0.2, -0.15) is 4.31 Å². The van der Waals surface area contributed by atoms with E-state index in [-0.39, 0.29) is 24.2 Å². The molecule has 0 aliphatic heterocycles. The summed E-state index contributed by atoms with van der Waals surface area (Å²) in [7, 11) is -1.67. The number of esters is 1. The van der Waals surface area contributed by atoms with Crippen molar-refractivity contribution in [1.29, 1.82) is 0 Å². The first-order chi connectivity index (χ1) is 11.4. The second kappa shape index (κ2) is 8.03. The van der Waals surface area contributed by atoms with Crippen LogP contribution in [0, 0.1) is 12.7 Å². The Morgan fingerprint density at radius 3 is 2.50 bits per heavy atom. The number of nitrogens with zero attached hydrogens (tertiary/aromatic N) is 1. The van der Waals surface area contributed by atoms with Gasteiger partial charge in [0.15, 0.2) is 0 Å². The van der Waals surface area contributed by atoms with Gasteiger partial charge >= 0.3 is 5.97 Å². The fourth-order valence-electron chi connectivity index (χ4n) is 2.31. The Morgan fingerprint density at radius 2 is 1.92 bits per heavy atom. The van der Waals surface area contributed by atoms with Crippen molar-refractivity contribution >= 4 is 16.9 Å². The highest BCUT2D eigenvalue weighted by Gasteiger charge is 2.15. The molecule has 2 aromatic rings. The lowest BCUT2D eigenvalue weighted by Crippen LogP contribution is -2.21. The summed E-state index contributed by atoms with van der Waals surface area (Å²) in [5.41, 5.74) is 2.10. The predicted octanol–water partition coefficient (Wildman–Crippen LogP) is 2.45. The summed E-state index contributed by atoms with van der Waals surface area (Å²) >= 11 is 0. The molecule has 0 N–H and O–H groups in total. The van der Waals surface area contributed by atoms with E-state index in [1.165, 1.54) is 19.2 Å². The molecule has 0 heterocycles. The molecule has 2 rings (SSSR count). The van der Waals surface area contributed by atoms with Gasteiger partial charge in [0.25, 0.3) is 0 Å². The molecule has 0 aliphatic rings. The summed E-state index contributed by atoms with van der Waals surface area (Å²) in [5.74, 6) is -1.30. The number of halogens is 1. The van der Waals surface area contributed by atoms with E-state index in [1.54, 1.807) is 0 Å². The van der Waals surface area contributed by atoms with Crippen molar-refractivity contribution in [3.05, 3.63) is 70.5 Å². The van der Waals surface area contributed by atoms with Gasteiger partial charge in [0.2, 0.25) is 10.9 Å². The van der Waals surface area contributed by atoms with Crippen LogP contribution in [-0.4, -0.2) is 25.8 Å². The molecule has 0 aromatic heterocycles. The number of hydrogen-bond acceptors (Lipinski definition) is 4. The van der Waals surface area contributed by atoms with Gasteiger partial charge in [-0.15, -0.1) is 0 Å². The lowest BCUT2D eigenvalue weighted by Gasteiger charge is -2.16. The first-order valence-corrected chi connectivity index (χ1v) is 8.35. The van der Waals surface area contributed by atoms with E-state index in [9.17, 15) is 17.6 Å². The largest absolute Gasteiger partial charge is 0.465 e. The van der Waals surface area contributed by atoms with Gasteiger partial charge in [-0.3, -0.25) is 0 Å². The minimum Gasteiger partial charge on any atom is -0.465 e. The van der Waals surface area contributed by atoms with Crippen molar-refractivity contribution in [3.8, 4) is 0 Å². The van der Waals surface area contributed by atoms with E-state index in [4.69, 9.17) is 0 Å². The van der Waals surface area contributed by atoms with E-state index < -0.39 is 22.7 Å². The molecule has 0 spiro atoms. The third kappa shape index (κ3) is 4.62. The monoisotopic (exact) mass is 351 g/mol. The number of hydrogen-bond donors (Lipinski definition) is 1. The molecular formula is C17H18FNO4S. The van der Waals surface area contributed by atoms with Gasteiger partial charge in [-0.1, -0.05) is 35.9 Å². The Hall–Kier alpha value is -2.25. The minimum atomic E-state index is -2.88. The van der Waals surface area contributed by atoms with Gasteiger partial charge in [-0.05, 0) is 24.6 Å². The zero-order valence-electron chi connectivity index (χ0n) is 13.4. The van der Waals surface area contributed by atoms with Gasteiger partial charge in [-0.25, -0.2) is 17.6 Å². The number of benzene rings is 2. The Morgan fingerprint density at radius 1 is 1.17 bits per heavy atom. The average molecular weight is 351 g/mol. The van der Waals surface area contributed by atoms with Crippen molar-refractivity contribution in [2.75, 3.05) is 7.11 Å². The lowest BCUT2D eigenvalue weighted by molar-refractivity contribution is 0.0600. The summed E-state index contributed by atoms with van der Waals surface area (Å²) in [5, 5.41) is 0. The minimum absolute atomic E-state index is 0.0792. The fourth-order valence-corrected chi connectivity index (χ4v) is 2.86. The molecule has 0 saturated heterocycles. The van der Waals surface area contributed by atoms with Crippen molar-refractivity contribution in [1.82, 2.24) is 4.31 Å². The van der Waals surface area contributed by atoms with Crippen molar-refractivity contribution in [2.24, 2.45) is 0 Å². The number of rotatable bonds is 6. The Labute approximate surface area is 141 Å². The van der Waals surface area contributed by atoms with Gasteiger partial charge in [0, 0.05) is 18.7 Å². The molecule has 128 valence electrons. The van der Waals surface area contributed by atoms with Crippen LogP contribution in [0.5, 0.6) is 0 Å². The van der Waals surface area contributed by atoms with Crippen LogP contribution in [0.3, 0.4) is 0 Å². The summed E-state index contributed by atoms with van der Waals surface area (Å²) in [6.07, 6.45) is 0. The molecule has 0 unspecified atom stereocenters. The number of carbonyl (C=O) groups excluding carboxylic acids is 1. The van der Waals surface area contributed by atoms with Crippen molar-refractivity contribution in [2.45, 2.75) is 20.0 Å². The van der Waals surface area contributed by atoms with E-state index >= 15 is 0 Å². The van der Waals surface area contributed by atoms with Crippen LogP contribution in [-0.2, 0) is 28.7 Å². The third-order valence-electron chi connectivity index (χ3n) is 3.51. The molecule has 7 heteroatoms. The van der Waals surface area contributed by atoms with Crippen LogP contribution in [0.25, 0.3) is 0 Å². The Kier molecular flexibility index (Phi) is 6.05. The molecule has 0 aliphatic carbocycles. The second-order valence-electron chi connectivity index (χ2n) is 5.35. The first kappa shape index (κ1) is 18.1. The number of ether oxygens (including phenoxy) is 1. The predicted molar refractivity (Wildman–Crippen MR) is 88.5 cm³/mol. The number of carbonyl (C=O) groups is 1. The first-order valence-electron chi connectivity index (χ1n) is 7.22. The van der Waals surface area contributed by atoms with Crippen LogP contribution >= 0.6 is 0 Å². The average Bonchev–Trinajstić information content (AvgIpc) is 2.55. The lowest BCUT2D eigenvalue weighted by atomic mass is 10.1. The maximum Gasteiger partial charge on any atom is 0.337 e. The number of aryl methyl sites for hydroxylation is 1. The zero-order chi connectivity index (χ0) is 17.7. The normalized spacial score (nSPS) is 11.0. The summed E-state index contributed by atoms with van der Waals surface area (Å²) in [6.45, 7) is 1.95. The van der Waals surface area contributed by atoms with Crippen LogP contribution in [0.15, 0.2) is 42.5 Å². The van der Waals surface area contributed by atoms with Gasteiger partial charge in [0.05, 0.1) is 12.7 Å². The quantitative estimate of drug-likeness (QED) is 0.641. The van der Waals surface area contributed by atoms with Crippen LogP contribution < -0.4 is 0 Å². The molecule has 0 bridgehead atoms. The van der Waals surface area contributed by atoms with Crippen molar-refractivity contribution < 1.29 is 22.3 Å². The molecule has 0 radical (unpaired) electrons. The standard InChI is InChI=1S/C17H18FNO4S/c1-12-4-3-5-13(8-12)10-19(24(21)22)11-15-7-6-14(9-16(15)18)17(20)23-2/h3-9,24H,10-11H2,1-2H3. The van der Waals surface area contributed by atoms with Gasteiger partial charge in [0.1, 0.15) is 5.82 Å². The summed E-state index contributed by atoms with van der Waals surface area (Å²) in [6, 6.07) is 11.3. The SMILES string of the molecule is COC(=O)c1ccc(CN(Cc2cccc(C)c2)[SH](=O)=O)c(F)c1. The topological polar surface area (TPSA) is 63.7 Å². The summed E-state index contributed by atoms with van der Waals surface area (Å²) < 4.78 is 42.8. The molecule has 5 nitrogen and oxygen atoms in total. The summed E-state index contributed by atoms with van der Waals surface area (Å²) in [4.78, 5) is 11.4. The van der Waals surface area contributed by atoms with Crippen molar-refractivity contribution in [3.63, 3.8) is 0 Å². The fraction of sp³-hybridized carbons (Fsp3) is 0.235. The van der Waals surface area contributed by atoms with E-state index in [1.807, 2.05) is 31.2 Å². The molecule has 0 saturated carbocycles. The van der Waals surface area contributed by atoms with E-state index in [0.29, 0.717) is 0 Å². The maximum atomic E-state index is 14.1. The highest BCUT2D eigenvalue weighted by atomic mass is 32.2. The second-order valence-corrected chi connectivity index (χ2v) is 6.39.